The summed E-state index contributed by atoms with van der Waals surface area (Å²) in [6, 6.07) is 0. The summed E-state index contributed by atoms with van der Waals surface area (Å²) in [5.41, 5.74) is 2.12. The average Bonchev–Trinajstić information content (AvgIpc) is 2.72. The number of aliphatic hydroxyl groups is 1. The fraction of sp³-hybridized carbons (Fsp3) is 0.588. The maximum Gasteiger partial charge on any atom is 0.274 e. The largest absolute Gasteiger partial charge is 0.474 e. The van der Waals surface area contributed by atoms with Gasteiger partial charge in [-0.1, -0.05) is 12.2 Å². The Bertz CT molecular complexity index is 589. The first-order chi connectivity index (χ1) is 10.1. The molecule has 0 aromatic heterocycles. The molecule has 1 spiro atoms. The summed E-state index contributed by atoms with van der Waals surface area (Å²) in [7, 11) is 1.66. The minimum atomic E-state index is -0.419. The molecule has 0 amide bonds. The molecule has 0 radical (unpaired) electrons. The second kappa shape index (κ2) is 4.51. The van der Waals surface area contributed by atoms with Gasteiger partial charge >= 0.3 is 0 Å². The van der Waals surface area contributed by atoms with Crippen LogP contribution < -0.4 is 0 Å². The maximum atomic E-state index is 9.97. The second-order valence-electron chi connectivity index (χ2n) is 6.43. The molecule has 4 aliphatic rings. The zero-order chi connectivity index (χ0) is 14.6. The molecule has 2 heterocycles. The molecule has 21 heavy (non-hydrogen) atoms. The predicted octanol–water partition coefficient (Wildman–Crippen LogP) is 2.16. The van der Waals surface area contributed by atoms with E-state index in [1.54, 1.807) is 7.11 Å². The van der Waals surface area contributed by atoms with Crippen LogP contribution in [0, 0.1) is 17.4 Å². The van der Waals surface area contributed by atoms with Gasteiger partial charge in [0.05, 0.1) is 19.3 Å². The first kappa shape index (κ1) is 13.2. The molecule has 0 aromatic carbocycles. The number of ether oxygens (including phenoxy) is 2. The Morgan fingerprint density at radius 3 is 3.19 bits per heavy atom. The molecule has 2 aliphatic carbocycles. The number of aliphatic hydroxyl groups excluding tert-OH is 1. The summed E-state index contributed by atoms with van der Waals surface area (Å²) < 4.78 is 11.8. The van der Waals surface area contributed by atoms with Crippen molar-refractivity contribution in [3.05, 3.63) is 35.8 Å². The Kier molecular flexibility index (Phi) is 2.83. The van der Waals surface area contributed by atoms with Gasteiger partial charge in [0.2, 0.25) is 0 Å². The van der Waals surface area contributed by atoms with E-state index >= 15 is 0 Å². The first-order valence-corrected chi connectivity index (χ1v) is 7.58. The minimum absolute atomic E-state index is 0.0158. The van der Waals surface area contributed by atoms with E-state index in [1.807, 2.05) is 12.2 Å². The Morgan fingerprint density at radius 2 is 2.38 bits per heavy atom. The summed E-state index contributed by atoms with van der Waals surface area (Å²) in [6.45, 7) is 2.08. The van der Waals surface area contributed by atoms with Crippen LogP contribution in [0.2, 0.25) is 0 Å². The van der Waals surface area contributed by atoms with Gasteiger partial charge in [-0.25, -0.2) is 0 Å². The fourth-order valence-corrected chi connectivity index (χ4v) is 4.25. The highest BCUT2D eigenvalue weighted by Gasteiger charge is 2.64. The van der Waals surface area contributed by atoms with Gasteiger partial charge in [-0.15, -0.1) is 0 Å². The first-order valence-electron chi connectivity index (χ1n) is 7.58. The van der Waals surface area contributed by atoms with Crippen LogP contribution in [0.5, 0.6) is 0 Å². The summed E-state index contributed by atoms with van der Waals surface area (Å²) in [5, 5.41) is 9.97. The van der Waals surface area contributed by atoms with Gasteiger partial charge in [0.15, 0.2) is 17.9 Å². The van der Waals surface area contributed by atoms with Crippen LogP contribution >= 0.6 is 0 Å². The molecule has 1 N–H and O–H groups in total. The predicted molar refractivity (Wildman–Crippen MR) is 78.5 cm³/mol. The van der Waals surface area contributed by atoms with E-state index in [0.717, 1.165) is 30.0 Å². The van der Waals surface area contributed by atoms with Crippen molar-refractivity contribution in [3.63, 3.8) is 0 Å². The molecular weight excluding hydrogens is 266 g/mol. The molecule has 1 fully saturated rings. The van der Waals surface area contributed by atoms with E-state index in [0.29, 0.717) is 6.42 Å². The zero-order valence-corrected chi connectivity index (χ0v) is 12.4. The Labute approximate surface area is 124 Å². The Hall–Kier alpha value is -1.48. The summed E-state index contributed by atoms with van der Waals surface area (Å²) in [4.78, 5) is 4.78. The van der Waals surface area contributed by atoms with E-state index in [9.17, 15) is 5.11 Å². The lowest BCUT2D eigenvalue weighted by Gasteiger charge is -2.37. The number of aliphatic imine (C=N–C) groups is 1. The maximum absolute atomic E-state index is 9.97. The SMILES string of the molecule is COC1=[C+]C=C2N=C(C)CC[C@@]34C=C[C@H](O)C[C@@H]3OC1C24. The number of hydrogen-bond donors (Lipinski definition) is 1. The molecule has 2 aliphatic heterocycles. The molecule has 5 atom stereocenters. The van der Waals surface area contributed by atoms with E-state index in [-0.39, 0.29) is 23.5 Å². The monoisotopic (exact) mass is 286 g/mol. The highest BCUT2D eigenvalue weighted by Crippen LogP contribution is 2.58. The molecule has 1 saturated heterocycles. The molecule has 4 heteroatoms. The molecule has 0 bridgehead atoms. The van der Waals surface area contributed by atoms with Crippen LogP contribution in [0.4, 0.5) is 0 Å². The van der Waals surface area contributed by atoms with Crippen molar-refractivity contribution in [2.75, 3.05) is 7.11 Å². The van der Waals surface area contributed by atoms with Crippen molar-refractivity contribution in [2.24, 2.45) is 16.3 Å². The van der Waals surface area contributed by atoms with Crippen molar-refractivity contribution < 1.29 is 14.6 Å². The van der Waals surface area contributed by atoms with Crippen LogP contribution in [0.15, 0.2) is 34.7 Å². The number of hydrogen-bond acceptors (Lipinski definition) is 4. The molecule has 0 saturated carbocycles. The molecule has 0 aromatic rings. The highest BCUT2D eigenvalue weighted by molar-refractivity contribution is 5.83. The highest BCUT2D eigenvalue weighted by atomic mass is 16.5. The third-order valence-electron chi connectivity index (χ3n) is 5.28. The van der Waals surface area contributed by atoms with Gasteiger partial charge in [-0.2, -0.15) is 4.99 Å². The molecule has 110 valence electrons. The van der Waals surface area contributed by atoms with E-state index in [1.165, 1.54) is 0 Å². The van der Waals surface area contributed by atoms with Crippen LogP contribution in [0.1, 0.15) is 26.2 Å². The third kappa shape index (κ3) is 1.76. The summed E-state index contributed by atoms with van der Waals surface area (Å²) >= 11 is 0. The van der Waals surface area contributed by atoms with Crippen molar-refractivity contribution in [2.45, 2.75) is 44.5 Å². The summed E-state index contributed by atoms with van der Waals surface area (Å²) in [6.07, 6.45) is 11.3. The van der Waals surface area contributed by atoms with Gasteiger partial charge in [0.1, 0.15) is 12.0 Å². The van der Waals surface area contributed by atoms with Crippen LogP contribution in [0.25, 0.3) is 0 Å². The molecular formula is C17H20NO3+. The Morgan fingerprint density at radius 1 is 1.52 bits per heavy atom. The van der Waals surface area contributed by atoms with Crippen molar-refractivity contribution in [3.8, 4) is 0 Å². The lowest BCUT2D eigenvalue weighted by molar-refractivity contribution is -0.0140. The normalized spacial score (nSPS) is 43.7. The summed E-state index contributed by atoms with van der Waals surface area (Å²) in [5.74, 6) is 0.912. The molecule has 4 nitrogen and oxygen atoms in total. The van der Waals surface area contributed by atoms with Gasteiger partial charge in [0.25, 0.3) is 5.76 Å². The smallest absolute Gasteiger partial charge is 0.274 e. The fourth-order valence-electron chi connectivity index (χ4n) is 4.25. The minimum Gasteiger partial charge on any atom is -0.474 e. The third-order valence-corrected chi connectivity index (χ3v) is 5.28. The van der Waals surface area contributed by atoms with Crippen LogP contribution in [-0.2, 0) is 9.47 Å². The molecule has 4 rings (SSSR count). The van der Waals surface area contributed by atoms with E-state index < -0.39 is 6.10 Å². The lowest BCUT2D eigenvalue weighted by atomic mass is 9.63. The van der Waals surface area contributed by atoms with Crippen molar-refractivity contribution in [1.82, 2.24) is 0 Å². The van der Waals surface area contributed by atoms with Gasteiger partial charge in [-0.05, 0) is 19.8 Å². The number of rotatable bonds is 1. The average molecular weight is 286 g/mol. The number of allylic oxidation sites excluding steroid dienone is 2. The Balaban J connectivity index is 1.86. The standard InChI is InChI=1S/C17H20NO3/c1-10-5-7-17-8-6-11(19)9-14(17)21-16-13(20-2)4-3-12(18-10)15(16)17/h3,6,8,11,14-16,19H,5,7,9H2,1-2H3/q+1/t11-,14-,15?,16?,17+/m0/s1. The quantitative estimate of drug-likeness (QED) is 0.593. The van der Waals surface area contributed by atoms with Crippen molar-refractivity contribution in [1.29, 1.82) is 0 Å². The number of nitrogens with zero attached hydrogens (tertiary/aromatic N) is 1. The van der Waals surface area contributed by atoms with Crippen molar-refractivity contribution >= 4 is 5.71 Å². The van der Waals surface area contributed by atoms with Gasteiger partial charge in [-0.3, -0.25) is 0 Å². The lowest BCUT2D eigenvalue weighted by Crippen LogP contribution is -2.40. The zero-order valence-electron chi connectivity index (χ0n) is 12.4. The van der Waals surface area contributed by atoms with Crippen LogP contribution in [0.3, 0.4) is 0 Å². The topological polar surface area (TPSA) is 51.0 Å². The van der Waals surface area contributed by atoms with Gasteiger partial charge < -0.3 is 14.6 Å². The number of methoxy groups -OCH3 is 1. The van der Waals surface area contributed by atoms with E-state index in [4.69, 9.17) is 14.5 Å². The van der Waals surface area contributed by atoms with Crippen LogP contribution in [-0.4, -0.2) is 36.2 Å². The van der Waals surface area contributed by atoms with E-state index in [2.05, 4.69) is 19.1 Å². The van der Waals surface area contributed by atoms with Gasteiger partial charge in [0, 0.05) is 17.5 Å². The molecule has 2 unspecified atom stereocenters. The second-order valence-corrected chi connectivity index (χ2v) is 6.43.